The minimum atomic E-state index is -2.93. The van der Waals surface area contributed by atoms with Gasteiger partial charge in [-0.05, 0) is 54.0 Å². The molecule has 11 heteroatoms. The van der Waals surface area contributed by atoms with E-state index in [4.69, 9.17) is 5.73 Å². The third-order valence-electron chi connectivity index (χ3n) is 6.10. The fourth-order valence-electron chi connectivity index (χ4n) is 4.38. The van der Waals surface area contributed by atoms with Crippen molar-refractivity contribution in [2.75, 3.05) is 0 Å². The van der Waals surface area contributed by atoms with Crippen LogP contribution < -0.4 is 11.1 Å². The van der Waals surface area contributed by atoms with Crippen LogP contribution in [0.15, 0.2) is 91.2 Å². The van der Waals surface area contributed by atoms with E-state index >= 15 is 0 Å². The number of para-hydroxylation sites is 2. The van der Waals surface area contributed by atoms with Crippen molar-refractivity contribution in [1.29, 1.82) is 0 Å². The van der Waals surface area contributed by atoms with Gasteiger partial charge in [0.1, 0.15) is 18.2 Å². The van der Waals surface area contributed by atoms with E-state index in [1.54, 1.807) is 42.5 Å². The van der Waals surface area contributed by atoms with Crippen molar-refractivity contribution in [3.63, 3.8) is 0 Å². The molecule has 0 aliphatic heterocycles. The Balaban J connectivity index is 1.72. The number of aromatic nitrogens is 3. The number of hydrogen-bond acceptors (Lipinski definition) is 4. The van der Waals surface area contributed by atoms with E-state index in [9.17, 15) is 27.2 Å². The summed E-state index contributed by atoms with van der Waals surface area (Å²) in [5, 5.41) is 2.77. The Bertz CT molecular complexity index is 1640. The molecule has 2 aromatic carbocycles. The van der Waals surface area contributed by atoms with Gasteiger partial charge < -0.3 is 15.6 Å². The Kier molecular flexibility index (Phi) is 9.08. The molecule has 7 nitrogen and oxygen atoms in total. The molecule has 41 heavy (non-hydrogen) atoms. The highest BCUT2D eigenvalue weighted by Crippen LogP contribution is 2.26. The molecule has 0 saturated heterocycles. The largest absolute Gasteiger partial charge is 0.366 e. The highest BCUT2D eigenvalue weighted by molar-refractivity contribution is 5.96. The fraction of sp³-hybridized carbons (Fsp3) is 0.133. The van der Waals surface area contributed by atoms with Crippen molar-refractivity contribution < 1.29 is 27.2 Å². The van der Waals surface area contributed by atoms with Crippen LogP contribution in [-0.2, 0) is 22.6 Å². The van der Waals surface area contributed by atoms with Crippen LogP contribution in [0.4, 0.5) is 17.6 Å². The molecule has 2 amide bonds. The van der Waals surface area contributed by atoms with Crippen LogP contribution in [0.2, 0.25) is 0 Å². The maximum Gasteiger partial charge on any atom is 0.295 e. The summed E-state index contributed by atoms with van der Waals surface area (Å²) in [6.07, 6.45) is 4.24. The first kappa shape index (κ1) is 28.9. The Hall–Kier alpha value is -5.06. The SMILES string of the molecule is C=C/C=C(\C=C\c1cccnc1[C@H](Cc1cc(F)cc(F)c1)NC(=O)Cn1c(C(F)F)nc2ccccc21)C(N)=O. The van der Waals surface area contributed by atoms with E-state index < -0.39 is 48.3 Å². The summed E-state index contributed by atoms with van der Waals surface area (Å²) in [4.78, 5) is 33.4. The zero-order chi connectivity index (χ0) is 29.5. The highest BCUT2D eigenvalue weighted by atomic mass is 19.3. The normalized spacial score (nSPS) is 12.7. The molecular weight excluding hydrogens is 538 g/mol. The molecule has 0 spiro atoms. The van der Waals surface area contributed by atoms with E-state index in [1.165, 1.54) is 24.4 Å². The Morgan fingerprint density at radius 1 is 1.07 bits per heavy atom. The molecule has 0 radical (unpaired) electrons. The van der Waals surface area contributed by atoms with Crippen LogP contribution in [-0.4, -0.2) is 26.3 Å². The first-order valence-electron chi connectivity index (χ1n) is 12.4. The molecule has 3 N–H and O–H groups in total. The first-order valence-corrected chi connectivity index (χ1v) is 12.4. The predicted octanol–water partition coefficient (Wildman–Crippen LogP) is 5.36. The molecule has 0 bridgehead atoms. The Labute approximate surface area is 232 Å². The van der Waals surface area contributed by atoms with Crippen LogP contribution in [0.5, 0.6) is 0 Å². The summed E-state index contributed by atoms with van der Waals surface area (Å²) in [5.74, 6) is -3.55. The minimum absolute atomic E-state index is 0.0875. The fourth-order valence-corrected chi connectivity index (χ4v) is 4.38. The minimum Gasteiger partial charge on any atom is -0.366 e. The van der Waals surface area contributed by atoms with Gasteiger partial charge in [0, 0.05) is 17.8 Å². The zero-order valence-corrected chi connectivity index (χ0v) is 21.6. The first-order chi connectivity index (χ1) is 19.7. The lowest BCUT2D eigenvalue weighted by Crippen LogP contribution is -2.34. The summed E-state index contributed by atoms with van der Waals surface area (Å²) < 4.78 is 56.7. The van der Waals surface area contributed by atoms with Crippen LogP contribution >= 0.6 is 0 Å². The predicted molar refractivity (Wildman–Crippen MR) is 146 cm³/mol. The number of rotatable bonds is 11. The number of fused-ring (bicyclic) bond motifs is 1. The van der Waals surface area contributed by atoms with Gasteiger partial charge in [-0.1, -0.05) is 43.0 Å². The number of halogens is 4. The average Bonchev–Trinajstić information content (AvgIpc) is 3.28. The molecule has 2 aromatic heterocycles. The maximum atomic E-state index is 14.0. The number of nitrogens with zero attached hydrogens (tertiary/aromatic N) is 3. The Morgan fingerprint density at radius 2 is 1.80 bits per heavy atom. The molecular formula is C30H25F4N5O2. The molecule has 1 atom stereocenters. The number of carbonyl (C=O) groups is 2. The third-order valence-corrected chi connectivity index (χ3v) is 6.10. The lowest BCUT2D eigenvalue weighted by Gasteiger charge is -2.21. The molecule has 0 saturated carbocycles. The van der Waals surface area contributed by atoms with Crippen molar-refractivity contribution in [2.45, 2.75) is 25.4 Å². The summed E-state index contributed by atoms with van der Waals surface area (Å²) in [7, 11) is 0. The molecule has 0 unspecified atom stereocenters. The second kappa shape index (κ2) is 12.9. The molecule has 4 rings (SSSR count). The summed E-state index contributed by atoms with van der Waals surface area (Å²) >= 11 is 0. The lowest BCUT2D eigenvalue weighted by molar-refractivity contribution is -0.122. The molecule has 0 aliphatic carbocycles. The molecule has 0 fully saturated rings. The topological polar surface area (TPSA) is 103 Å². The van der Waals surface area contributed by atoms with Crippen molar-refractivity contribution in [3.8, 4) is 0 Å². The number of amides is 2. The average molecular weight is 564 g/mol. The monoisotopic (exact) mass is 563 g/mol. The maximum absolute atomic E-state index is 14.0. The summed E-state index contributed by atoms with van der Waals surface area (Å²) in [6, 6.07) is 11.7. The number of allylic oxidation sites excluding steroid dienone is 2. The van der Waals surface area contributed by atoms with Crippen molar-refractivity contribution in [2.24, 2.45) is 5.73 Å². The standard InChI is InChI=1S/C30H25F4N5O2/c1-2-6-20(29(35)41)11-10-19-7-5-12-36-27(19)24(15-18-13-21(31)16-22(32)14-18)37-26(40)17-39-25-9-4-3-8-23(25)38-30(39)28(33)34/h2-14,16,24,28H,1,15,17H2,(H2,35,41)(H,37,40)/b11-10+,20-6+/t24-/m0/s1. The second-order valence-electron chi connectivity index (χ2n) is 8.98. The number of imidazole rings is 1. The smallest absolute Gasteiger partial charge is 0.295 e. The second-order valence-corrected chi connectivity index (χ2v) is 8.98. The number of nitrogens with one attached hydrogen (secondary N) is 1. The number of carbonyl (C=O) groups excluding carboxylic acids is 2. The summed E-state index contributed by atoms with van der Waals surface area (Å²) in [5.41, 5.74) is 7.19. The third kappa shape index (κ3) is 7.13. The molecule has 2 heterocycles. The van der Waals surface area contributed by atoms with Gasteiger partial charge in [0.05, 0.1) is 22.8 Å². The highest BCUT2D eigenvalue weighted by Gasteiger charge is 2.24. The van der Waals surface area contributed by atoms with Gasteiger partial charge in [-0.3, -0.25) is 14.6 Å². The van der Waals surface area contributed by atoms with E-state index in [0.29, 0.717) is 22.3 Å². The number of benzene rings is 2. The zero-order valence-electron chi connectivity index (χ0n) is 21.6. The van der Waals surface area contributed by atoms with E-state index in [1.807, 2.05) is 0 Å². The van der Waals surface area contributed by atoms with Gasteiger partial charge in [0.2, 0.25) is 11.8 Å². The van der Waals surface area contributed by atoms with Gasteiger partial charge in [-0.2, -0.15) is 0 Å². The van der Waals surface area contributed by atoms with Gasteiger partial charge >= 0.3 is 0 Å². The van der Waals surface area contributed by atoms with Crippen molar-refractivity contribution in [1.82, 2.24) is 19.9 Å². The number of hydrogen-bond donors (Lipinski definition) is 2. The van der Waals surface area contributed by atoms with Crippen molar-refractivity contribution >= 4 is 28.9 Å². The number of nitrogens with two attached hydrogens (primary N) is 1. The van der Waals surface area contributed by atoms with Crippen LogP contribution in [0.3, 0.4) is 0 Å². The van der Waals surface area contributed by atoms with Gasteiger partial charge in [-0.25, -0.2) is 22.5 Å². The molecule has 210 valence electrons. The van der Waals surface area contributed by atoms with E-state index in [2.05, 4.69) is 21.9 Å². The lowest BCUT2D eigenvalue weighted by atomic mass is 9.98. The molecule has 0 aliphatic rings. The number of pyridine rings is 1. The molecule has 4 aromatic rings. The van der Waals surface area contributed by atoms with Gasteiger partial charge in [0.25, 0.3) is 6.43 Å². The van der Waals surface area contributed by atoms with Crippen LogP contribution in [0.25, 0.3) is 17.1 Å². The van der Waals surface area contributed by atoms with Crippen LogP contribution in [0, 0.1) is 11.6 Å². The quantitative estimate of drug-likeness (QED) is 0.146. The number of alkyl halides is 2. The Morgan fingerprint density at radius 3 is 2.49 bits per heavy atom. The van der Waals surface area contributed by atoms with Crippen molar-refractivity contribution in [3.05, 3.63) is 125 Å². The summed E-state index contributed by atoms with van der Waals surface area (Å²) in [6.45, 7) is 3.05. The van der Waals surface area contributed by atoms with E-state index in [-0.39, 0.29) is 17.6 Å². The van der Waals surface area contributed by atoms with Gasteiger partial charge in [0.15, 0.2) is 5.82 Å². The van der Waals surface area contributed by atoms with Gasteiger partial charge in [-0.15, -0.1) is 0 Å². The van der Waals surface area contributed by atoms with Crippen LogP contribution in [0.1, 0.15) is 35.1 Å². The van der Waals surface area contributed by atoms with E-state index in [0.717, 1.165) is 22.8 Å². The number of primary amides is 1.